The molecular formula is C60H114O. The molecule has 1 aromatic rings. The zero-order valence-electron chi connectivity index (χ0n) is 42.7. The number of benzene rings is 1. The molecule has 0 atom stereocenters. The Hall–Kier alpha value is -0.980. The molecule has 61 heavy (non-hydrogen) atoms. The molecule has 0 aliphatic carbocycles. The Balaban J connectivity index is 2.37. The summed E-state index contributed by atoms with van der Waals surface area (Å²) in [6, 6.07) is 4.36. The SMILES string of the molecule is CCCCCCCCCCCCCCCCCCc1ccc(O)c(CCCCCCCCCCCCCCCCCC)c1CCCCCCCCCCCCCCCCCC. The Morgan fingerprint density at radius 1 is 0.230 bits per heavy atom. The lowest BCUT2D eigenvalue weighted by Crippen LogP contribution is -2.03. The molecule has 0 amide bonds. The van der Waals surface area contributed by atoms with Crippen LogP contribution in [0, 0.1) is 0 Å². The van der Waals surface area contributed by atoms with Gasteiger partial charge in [-0.25, -0.2) is 0 Å². The average molecular weight is 852 g/mol. The van der Waals surface area contributed by atoms with Crippen LogP contribution in [-0.4, -0.2) is 5.11 Å². The molecule has 0 radical (unpaired) electrons. The summed E-state index contributed by atoms with van der Waals surface area (Å²) in [7, 11) is 0. The zero-order valence-corrected chi connectivity index (χ0v) is 42.7. The van der Waals surface area contributed by atoms with E-state index in [0.717, 1.165) is 6.42 Å². The largest absolute Gasteiger partial charge is 0.508 e. The molecule has 0 aliphatic heterocycles. The molecule has 0 fully saturated rings. The second-order valence-electron chi connectivity index (χ2n) is 20.4. The summed E-state index contributed by atoms with van der Waals surface area (Å²) >= 11 is 0. The van der Waals surface area contributed by atoms with E-state index < -0.39 is 0 Å². The first kappa shape index (κ1) is 58.0. The lowest BCUT2D eigenvalue weighted by Gasteiger charge is -2.17. The number of phenols is 1. The van der Waals surface area contributed by atoms with Crippen molar-refractivity contribution in [1.29, 1.82) is 0 Å². The van der Waals surface area contributed by atoms with Crippen molar-refractivity contribution in [2.75, 3.05) is 0 Å². The Kier molecular flexibility index (Phi) is 46.1. The van der Waals surface area contributed by atoms with E-state index in [0.29, 0.717) is 5.75 Å². The van der Waals surface area contributed by atoms with Gasteiger partial charge in [0.25, 0.3) is 0 Å². The van der Waals surface area contributed by atoms with Crippen molar-refractivity contribution < 1.29 is 5.11 Å². The van der Waals surface area contributed by atoms with Gasteiger partial charge in [-0.1, -0.05) is 316 Å². The van der Waals surface area contributed by atoms with Crippen LogP contribution in [0.2, 0.25) is 0 Å². The predicted molar refractivity (Wildman–Crippen MR) is 278 cm³/mol. The minimum absolute atomic E-state index is 0.586. The van der Waals surface area contributed by atoms with E-state index in [2.05, 4.69) is 32.9 Å². The van der Waals surface area contributed by atoms with Crippen molar-refractivity contribution in [3.63, 3.8) is 0 Å². The monoisotopic (exact) mass is 851 g/mol. The first-order valence-electron chi connectivity index (χ1n) is 29.1. The molecule has 0 saturated carbocycles. The number of hydrogen-bond acceptors (Lipinski definition) is 1. The molecule has 0 spiro atoms. The van der Waals surface area contributed by atoms with Crippen LogP contribution < -0.4 is 0 Å². The number of hydrogen-bond donors (Lipinski definition) is 1. The highest BCUT2D eigenvalue weighted by atomic mass is 16.3. The minimum atomic E-state index is 0.586. The zero-order chi connectivity index (χ0) is 43.8. The maximum Gasteiger partial charge on any atom is 0.119 e. The highest BCUT2D eigenvalue weighted by Gasteiger charge is 2.13. The second kappa shape index (κ2) is 48.5. The molecular weight excluding hydrogens is 737 g/mol. The number of unbranched alkanes of at least 4 members (excludes halogenated alkanes) is 45. The Morgan fingerprint density at radius 2 is 0.426 bits per heavy atom. The van der Waals surface area contributed by atoms with Crippen LogP contribution in [0.3, 0.4) is 0 Å². The molecule has 1 rings (SSSR count). The van der Waals surface area contributed by atoms with Gasteiger partial charge in [0.2, 0.25) is 0 Å². The molecule has 0 unspecified atom stereocenters. The van der Waals surface area contributed by atoms with Gasteiger partial charge in [0.05, 0.1) is 0 Å². The Bertz CT molecular complexity index is 980. The van der Waals surface area contributed by atoms with Gasteiger partial charge in [-0.15, -0.1) is 0 Å². The molecule has 0 bridgehead atoms. The number of rotatable bonds is 51. The summed E-state index contributed by atoms with van der Waals surface area (Å²) in [4.78, 5) is 0. The third-order valence-electron chi connectivity index (χ3n) is 14.4. The van der Waals surface area contributed by atoms with Crippen LogP contribution in [0.15, 0.2) is 12.1 Å². The van der Waals surface area contributed by atoms with E-state index in [1.54, 1.807) is 11.1 Å². The summed E-state index contributed by atoms with van der Waals surface area (Å²) in [6.07, 6.45) is 71.7. The lowest BCUT2D eigenvalue weighted by molar-refractivity contribution is 0.463. The molecule has 1 aromatic carbocycles. The summed E-state index contributed by atoms with van der Waals surface area (Å²) < 4.78 is 0. The fraction of sp³-hybridized carbons (Fsp3) is 0.900. The van der Waals surface area contributed by atoms with E-state index in [4.69, 9.17) is 0 Å². The highest BCUT2D eigenvalue weighted by molar-refractivity contribution is 5.45. The topological polar surface area (TPSA) is 20.2 Å². The van der Waals surface area contributed by atoms with Gasteiger partial charge in [-0.05, 0) is 61.3 Å². The average Bonchev–Trinajstić information content (AvgIpc) is 3.27. The van der Waals surface area contributed by atoms with Crippen molar-refractivity contribution in [3.05, 3.63) is 28.8 Å². The van der Waals surface area contributed by atoms with Gasteiger partial charge in [0, 0.05) is 0 Å². The van der Waals surface area contributed by atoms with Gasteiger partial charge < -0.3 is 5.11 Å². The molecule has 0 saturated heterocycles. The smallest absolute Gasteiger partial charge is 0.119 e. The maximum atomic E-state index is 11.2. The van der Waals surface area contributed by atoms with E-state index in [9.17, 15) is 5.11 Å². The molecule has 0 aromatic heterocycles. The van der Waals surface area contributed by atoms with Crippen LogP contribution in [-0.2, 0) is 19.3 Å². The van der Waals surface area contributed by atoms with Crippen molar-refractivity contribution >= 4 is 0 Å². The normalized spacial score (nSPS) is 11.7. The molecule has 0 heterocycles. The van der Waals surface area contributed by atoms with Crippen molar-refractivity contribution in [2.24, 2.45) is 0 Å². The molecule has 0 aliphatic rings. The summed E-state index contributed by atoms with van der Waals surface area (Å²) in [5.41, 5.74) is 4.43. The second-order valence-corrected chi connectivity index (χ2v) is 20.4. The molecule has 360 valence electrons. The molecule has 1 heteroatoms. The van der Waals surface area contributed by atoms with Crippen LogP contribution in [0.25, 0.3) is 0 Å². The van der Waals surface area contributed by atoms with E-state index in [-0.39, 0.29) is 0 Å². The quantitative estimate of drug-likeness (QED) is 0.0648. The first-order chi connectivity index (χ1) is 30.2. The van der Waals surface area contributed by atoms with Crippen molar-refractivity contribution in [3.8, 4) is 5.75 Å². The van der Waals surface area contributed by atoms with Crippen molar-refractivity contribution in [1.82, 2.24) is 0 Å². The minimum Gasteiger partial charge on any atom is -0.508 e. The Labute approximate surface area is 386 Å². The lowest BCUT2D eigenvalue weighted by atomic mass is 9.89. The Morgan fingerprint density at radius 3 is 0.672 bits per heavy atom. The van der Waals surface area contributed by atoms with Crippen LogP contribution in [0.1, 0.15) is 346 Å². The number of aromatic hydroxyl groups is 1. The van der Waals surface area contributed by atoms with Gasteiger partial charge in [0.15, 0.2) is 0 Å². The van der Waals surface area contributed by atoms with E-state index >= 15 is 0 Å². The van der Waals surface area contributed by atoms with Crippen LogP contribution in [0.4, 0.5) is 0 Å². The van der Waals surface area contributed by atoms with Gasteiger partial charge in [-0.2, -0.15) is 0 Å². The van der Waals surface area contributed by atoms with Gasteiger partial charge >= 0.3 is 0 Å². The third kappa shape index (κ3) is 39.1. The fourth-order valence-corrected chi connectivity index (χ4v) is 10.1. The maximum absolute atomic E-state index is 11.2. The summed E-state index contributed by atoms with van der Waals surface area (Å²) in [6.45, 7) is 6.94. The van der Waals surface area contributed by atoms with Gasteiger partial charge in [-0.3, -0.25) is 0 Å². The fourth-order valence-electron chi connectivity index (χ4n) is 10.1. The predicted octanol–water partition coefficient (Wildman–Crippen LogP) is 21.8. The first-order valence-corrected chi connectivity index (χ1v) is 29.1. The van der Waals surface area contributed by atoms with Crippen LogP contribution >= 0.6 is 0 Å². The van der Waals surface area contributed by atoms with Gasteiger partial charge in [0.1, 0.15) is 5.75 Å². The third-order valence-corrected chi connectivity index (χ3v) is 14.4. The van der Waals surface area contributed by atoms with Crippen LogP contribution in [0.5, 0.6) is 5.75 Å². The standard InChI is InChI=1S/C60H114O/c1-4-7-10-13-16-19-22-25-28-31-34-37-40-43-46-49-52-57-55-56-60(61)59(54-51-48-45-42-39-36-33-30-27-24-21-18-15-12-9-6-3)58(57)53-50-47-44-41-38-35-32-29-26-23-20-17-14-11-8-5-2/h55-56,61H,4-54H2,1-3H3. The number of aryl methyl sites for hydroxylation is 1. The van der Waals surface area contributed by atoms with E-state index in [1.165, 1.54) is 327 Å². The summed E-state index contributed by atoms with van der Waals surface area (Å²) in [5, 5.41) is 11.2. The molecule has 1 N–H and O–H groups in total. The van der Waals surface area contributed by atoms with E-state index in [1.807, 2.05) is 0 Å². The number of phenolic OH excluding ortho intramolecular Hbond substituents is 1. The molecule has 1 nitrogen and oxygen atoms in total. The summed E-state index contributed by atoms with van der Waals surface area (Å²) in [5.74, 6) is 0.586. The highest BCUT2D eigenvalue weighted by Crippen LogP contribution is 2.30. The van der Waals surface area contributed by atoms with Crippen molar-refractivity contribution in [2.45, 2.75) is 348 Å².